The van der Waals surface area contributed by atoms with Crippen LogP contribution in [0.25, 0.3) is 0 Å². The Morgan fingerprint density at radius 3 is 2.44 bits per heavy atom. The van der Waals surface area contributed by atoms with Crippen LogP contribution in [-0.2, 0) is 14.3 Å². The van der Waals surface area contributed by atoms with Crippen molar-refractivity contribution in [1.29, 1.82) is 0 Å². The third-order valence-corrected chi connectivity index (χ3v) is 5.45. The van der Waals surface area contributed by atoms with Crippen LogP contribution in [0.3, 0.4) is 0 Å². The van der Waals surface area contributed by atoms with E-state index in [-0.39, 0.29) is 18.0 Å². The van der Waals surface area contributed by atoms with E-state index in [0.29, 0.717) is 18.4 Å². The summed E-state index contributed by atoms with van der Waals surface area (Å²) in [6.07, 6.45) is 3.94. The van der Waals surface area contributed by atoms with Gasteiger partial charge in [-0.05, 0) is 43.9 Å². The first-order chi connectivity index (χ1) is 12.5. The Labute approximate surface area is 161 Å². The molecule has 0 heterocycles. The summed E-state index contributed by atoms with van der Waals surface area (Å²) in [4.78, 5) is 23.4. The summed E-state index contributed by atoms with van der Waals surface area (Å²) in [7, 11) is 0. The van der Waals surface area contributed by atoms with Crippen LogP contribution in [0.5, 0.6) is 0 Å². The molecule has 4 atom stereocenters. The average molecular weight is 374 g/mol. The molecule has 0 aliphatic heterocycles. The van der Waals surface area contributed by atoms with Crippen molar-refractivity contribution in [3.05, 3.63) is 48.0 Å². The molecule has 1 aliphatic carbocycles. The minimum Gasteiger partial charge on any atom is -0.463 e. The quantitative estimate of drug-likeness (QED) is 0.625. The molecule has 1 aromatic rings. The largest absolute Gasteiger partial charge is 0.463 e. The van der Waals surface area contributed by atoms with Gasteiger partial charge in [0.25, 0.3) is 0 Å². The van der Waals surface area contributed by atoms with Crippen LogP contribution in [0.2, 0.25) is 0 Å². The second-order valence-electron chi connectivity index (χ2n) is 8.12. The van der Waals surface area contributed by atoms with Gasteiger partial charge in [-0.3, -0.25) is 4.79 Å². The van der Waals surface area contributed by atoms with Crippen LogP contribution >= 0.6 is 0 Å². The molecule has 0 spiro atoms. The summed E-state index contributed by atoms with van der Waals surface area (Å²) in [5.74, 6) is -0.810. The molecule has 0 bridgehead atoms. The molecular weight excluding hydrogens is 344 g/mol. The molecular formula is C22H30O5. The summed E-state index contributed by atoms with van der Waals surface area (Å²) in [5, 5.41) is 11.4. The SMILES string of the molecule is CC(=O)O[C@H]1C[C@@H](C)[C@](O)(C=C[C@@H](C)OC(=O)c2ccccc2)C(C)(C)C1. The lowest BCUT2D eigenvalue weighted by Crippen LogP contribution is -2.55. The number of esters is 2. The molecule has 1 N–H and O–H groups in total. The van der Waals surface area contributed by atoms with E-state index in [1.807, 2.05) is 26.8 Å². The van der Waals surface area contributed by atoms with E-state index >= 15 is 0 Å². The fourth-order valence-corrected chi connectivity index (χ4v) is 3.90. The highest BCUT2D eigenvalue weighted by Crippen LogP contribution is 2.48. The number of ether oxygens (including phenoxy) is 2. The third kappa shape index (κ3) is 4.98. The van der Waals surface area contributed by atoms with E-state index < -0.39 is 23.1 Å². The van der Waals surface area contributed by atoms with E-state index in [1.165, 1.54) is 6.92 Å². The first-order valence-electron chi connectivity index (χ1n) is 9.40. The van der Waals surface area contributed by atoms with Crippen molar-refractivity contribution >= 4 is 11.9 Å². The number of hydrogen-bond acceptors (Lipinski definition) is 5. The van der Waals surface area contributed by atoms with E-state index in [1.54, 1.807) is 43.3 Å². The highest BCUT2D eigenvalue weighted by molar-refractivity contribution is 5.89. The number of carbonyl (C=O) groups excluding carboxylic acids is 2. The van der Waals surface area contributed by atoms with E-state index in [4.69, 9.17) is 9.47 Å². The smallest absolute Gasteiger partial charge is 0.338 e. The monoisotopic (exact) mass is 374 g/mol. The lowest BCUT2D eigenvalue weighted by molar-refractivity contribution is -0.166. The highest BCUT2D eigenvalue weighted by Gasteiger charge is 2.51. The molecule has 27 heavy (non-hydrogen) atoms. The van der Waals surface area contributed by atoms with Crippen molar-refractivity contribution in [3.63, 3.8) is 0 Å². The topological polar surface area (TPSA) is 72.8 Å². The zero-order chi connectivity index (χ0) is 20.2. The molecule has 0 radical (unpaired) electrons. The first-order valence-corrected chi connectivity index (χ1v) is 9.40. The molecule has 0 amide bonds. The minimum atomic E-state index is -1.09. The Morgan fingerprint density at radius 2 is 1.89 bits per heavy atom. The maximum Gasteiger partial charge on any atom is 0.338 e. The van der Waals surface area contributed by atoms with Crippen molar-refractivity contribution < 1.29 is 24.2 Å². The van der Waals surface area contributed by atoms with Gasteiger partial charge in [0.05, 0.1) is 11.2 Å². The van der Waals surface area contributed by atoms with Gasteiger partial charge < -0.3 is 14.6 Å². The van der Waals surface area contributed by atoms with Crippen LogP contribution in [0.4, 0.5) is 0 Å². The molecule has 5 heteroatoms. The molecule has 5 nitrogen and oxygen atoms in total. The molecule has 0 unspecified atom stereocenters. The predicted octanol–water partition coefficient (Wildman–Crippen LogP) is 3.91. The number of rotatable bonds is 5. The number of benzene rings is 1. The van der Waals surface area contributed by atoms with Gasteiger partial charge >= 0.3 is 11.9 Å². The Balaban J connectivity index is 2.07. The van der Waals surface area contributed by atoms with Crippen molar-refractivity contribution in [1.82, 2.24) is 0 Å². The Bertz CT molecular complexity index is 694. The molecule has 0 saturated heterocycles. The van der Waals surface area contributed by atoms with Gasteiger partial charge in [0.15, 0.2) is 0 Å². The third-order valence-electron chi connectivity index (χ3n) is 5.45. The fourth-order valence-electron chi connectivity index (χ4n) is 3.90. The predicted molar refractivity (Wildman–Crippen MR) is 103 cm³/mol. The Morgan fingerprint density at radius 1 is 1.26 bits per heavy atom. The zero-order valence-corrected chi connectivity index (χ0v) is 16.8. The lowest BCUT2D eigenvalue weighted by Gasteiger charge is -2.51. The summed E-state index contributed by atoms with van der Waals surface area (Å²) in [5.41, 5.74) is -1.09. The molecule has 2 rings (SSSR count). The Hall–Kier alpha value is -2.14. The number of hydrogen-bond donors (Lipinski definition) is 1. The number of aliphatic hydroxyl groups is 1. The first kappa shape index (κ1) is 21.2. The van der Waals surface area contributed by atoms with Crippen molar-refractivity contribution in [2.24, 2.45) is 11.3 Å². The normalized spacial score (nSPS) is 28.5. The second kappa shape index (κ2) is 8.26. The van der Waals surface area contributed by atoms with Crippen LogP contribution in [0, 0.1) is 11.3 Å². The van der Waals surface area contributed by atoms with Gasteiger partial charge in [-0.15, -0.1) is 0 Å². The van der Waals surface area contributed by atoms with Crippen LogP contribution in [-0.4, -0.2) is 34.9 Å². The van der Waals surface area contributed by atoms with Gasteiger partial charge in [-0.2, -0.15) is 0 Å². The van der Waals surface area contributed by atoms with E-state index in [2.05, 4.69) is 0 Å². The van der Waals surface area contributed by atoms with Gasteiger partial charge in [0, 0.05) is 12.3 Å². The standard InChI is InChI=1S/C22H30O5/c1-15-13-19(27-17(3)23)14-21(4,5)22(15,25)12-11-16(2)26-20(24)18-9-7-6-8-10-18/h6-12,15-16,19,25H,13-14H2,1-5H3/t15-,16-,19+,22-/m1/s1. The van der Waals surface area contributed by atoms with Gasteiger partial charge in [0.1, 0.15) is 12.2 Å². The maximum absolute atomic E-state index is 12.2. The van der Waals surface area contributed by atoms with Crippen LogP contribution < -0.4 is 0 Å². The average Bonchev–Trinajstić information content (AvgIpc) is 2.58. The highest BCUT2D eigenvalue weighted by atomic mass is 16.5. The summed E-state index contributed by atoms with van der Waals surface area (Å²) >= 11 is 0. The van der Waals surface area contributed by atoms with E-state index in [9.17, 15) is 14.7 Å². The second-order valence-corrected chi connectivity index (χ2v) is 8.12. The summed E-state index contributed by atoms with van der Waals surface area (Å²) < 4.78 is 10.8. The minimum absolute atomic E-state index is 0.112. The molecule has 148 valence electrons. The van der Waals surface area contributed by atoms with Crippen LogP contribution in [0.15, 0.2) is 42.5 Å². The molecule has 1 aliphatic rings. The van der Waals surface area contributed by atoms with Crippen molar-refractivity contribution in [3.8, 4) is 0 Å². The summed E-state index contributed by atoms with van der Waals surface area (Å²) in [6, 6.07) is 8.81. The zero-order valence-electron chi connectivity index (χ0n) is 16.8. The lowest BCUT2D eigenvalue weighted by atomic mass is 9.59. The maximum atomic E-state index is 12.2. The molecule has 1 fully saturated rings. The van der Waals surface area contributed by atoms with Gasteiger partial charge in [0.2, 0.25) is 0 Å². The number of carbonyl (C=O) groups is 2. The summed E-state index contributed by atoms with van der Waals surface area (Å²) in [6.45, 7) is 9.04. The molecule has 1 aromatic carbocycles. The van der Waals surface area contributed by atoms with Crippen molar-refractivity contribution in [2.45, 2.75) is 65.3 Å². The molecule has 1 saturated carbocycles. The van der Waals surface area contributed by atoms with Gasteiger partial charge in [-0.1, -0.05) is 45.0 Å². The van der Waals surface area contributed by atoms with E-state index in [0.717, 1.165) is 0 Å². The van der Waals surface area contributed by atoms with Crippen LogP contribution in [0.1, 0.15) is 57.8 Å². The van der Waals surface area contributed by atoms with Gasteiger partial charge in [-0.25, -0.2) is 4.79 Å². The fraction of sp³-hybridized carbons (Fsp3) is 0.545. The van der Waals surface area contributed by atoms with Crippen molar-refractivity contribution in [2.75, 3.05) is 0 Å². The Kier molecular flexibility index (Phi) is 6.47. The molecule has 0 aromatic heterocycles.